The van der Waals surface area contributed by atoms with Gasteiger partial charge in [0, 0.05) is 33.8 Å². The van der Waals surface area contributed by atoms with Crippen LogP contribution in [-0.2, 0) is 6.54 Å². The number of rotatable bonds is 4. The molecule has 3 heterocycles. The Kier molecular flexibility index (Phi) is 6.28. The molecule has 0 saturated carbocycles. The van der Waals surface area contributed by atoms with Crippen LogP contribution < -0.4 is 5.56 Å². The lowest BCUT2D eigenvalue weighted by molar-refractivity contribution is -0.186. The number of piperidine rings is 1. The molecule has 1 aliphatic rings. The maximum absolute atomic E-state index is 13.4. The molecule has 0 radical (unpaired) electrons. The first-order valence-corrected chi connectivity index (χ1v) is 12.9. The number of alkyl halides is 3. The van der Waals surface area contributed by atoms with Gasteiger partial charge in [-0.2, -0.15) is 13.2 Å². The van der Waals surface area contributed by atoms with Gasteiger partial charge in [-0.3, -0.25) is 14.3 Å². The number of H-pyrrole nitrogens is 2. The van der Waals surface area contributed by atoms with Gasteiger partial charge in [0.25, 0.3) is 5.56 Å². The molecule has 4 rings (SSSR count). The van der Waals surface area contributed by atoms with Crippen molar-refractivity contribution < 1.29 is 13.2 Å². The van der Waals surface area contributed by atoms with Crippen molar-refractivity contribution in [2.75, 3.05) is 6.54 Å². The van der Waals surface area contributed by atoms with Gasteiger partial charge < -0.3 is 4.98 Å². The molecule has 30 heavy (non-hydrogen) atoms. The van der Waals surface area contributed by atoms with E-state index in [9.17, 15) is 18.0 Å². The molecule has 1 fully saturated rings. The van der Waals surface area contributed by atoms with Crippen molar-refractivity contribution in [1.29, 1.82) is 0 Å². The molecule has 1 unspecified atom stereocenters. The van der Waals surface area contributed by atoms with Crippen molar-refractivity contribution in [3.05, 3.63) is 56.8 Å². The third-order valence-electron chi connectivity index (χ3n) is 5.42. The molecule has 1 aliphatic heterocycles. The first-order chi connectivity index (χ1) is 14.3. The number of aromatic amines is 2. The second-order valence-corrected chi connectivity index (χ2v) is 9.31. The molecule has 12 heteroatoms. The zero-order valence-corrected chi connectivity index (χ0v) is 19.2. The summed E-state index contributed by atoms with van der Waals surface area (Å²) < 4.78 is 44.2. The molecule has 0 aliphatic carbocycles. The first-order valence-electron chi connectivity index (χ1n) is 9.15. The van der Waals surface area contributed by atoms with Crippen molar-refractivity contribution in [1.82, 2.24) is 23.8 Å². The molecule has 2 N–H and O–H groups in total. The van der Waals surface area contributed by atoms with Crippen LogP contribution in [-0.4, -0.2) is 36.5 Å². The van der Waals surface area contributed by atoms with Gasteiger partial charge in [0.2, 0.25) is 0 Å². The summed E-state index contributed by atoms with van der Waals surface area (Å²) in [6.45, 7) is 0.651. The van der Waals surface area contributed by atoms with Gasteiger partial charge in [0.05, 0.1) is 18.8 Å². The van der Waals surface area contributed by atoms with E-state index in [2.05, 4.69) is 36.2 Å². The Morgan fingerprint density at radius 2 is 2.10 bits per heavy atom. The fourth-order valence-corrected chi connectivity index (χ4v) is 6.04. The standard InChI is InChI=1S/C18H17F3IN5OS2/c19-18(20,21)11-5-6-27(30-22)13(7-11)12-4-2-1-3-10(12)8-26-15-14(23-9-24-15)16(28)25-17(26)29/h1-4,9,11,13H,5-8H2,(H,23,24)(H,25,28,29)/t11?,13-/m0/s1. The van der Waals surface area contributed by atoms with Gasteiger partial charge in [-0.05, 0) is 45.3 Å². The van der Waals surface area contributed by atoms with Crippen LogP contribution >= 0.6 is 42.5 Å². The minimum atomic E-state index is -4.21. The monoisotopic (exact) mass is 567 g/mol. The molecule has 0 spiro atoms. The van der Waals surface area contributed by atoms with E-state index in [1.807, 2.05) is 28.6 Å². The molecule has 2 atom stereocenters. The Hall–Kier alpha value is -1.38. The number of nitrogens with zero attached hydrogens (tertiary/aromatic N) is 3. The summed E-state index contributed by atoms with van der Waals surface area (Å²) in [5.74, 6) is -1.33. The summed E-state index contributed by atoms with van der Waals surface area (Å²) in [6, 6.07) is 7.06. The number of hydrogen-bond acceptors (Lipinski definition) is 5. The van der Waals surface area contributed by atoms with E-state index in [-0.39, 0.29) is 29.2 Å². The molecule has 1 aromatic carbocycles. The zero-order chi connectivity index (χ0) is 21.5. The van der Waals surface area contributed by atoms with E-state index < -0.39 is 12.1 Å². The van der Waals surface area contributed by atoms with Crippen molar-refractivity contribution in [2.24, 2.45) is 5.92 Å². The Morgan fingerprint density at radius 1 is 1.33 bits per heavy atom. The van der Waals surface area contributed by atoms with Crippen molar-refractivity contribution >= 4 is 53.7 Å². The van der Waals surface area contributed by atoms with E-state index >= 15 is 0 Å². The van der Waals surface area contributed by atoms with Gasteiger partial charge in [0.1, 0.15) is 5.52 Å². The Labute approximate surface area is 191 Å². The molecule has 3 aromatic rings. The summed E-state index contributed by atoms with van der Waals surface area (Å²) in [6.07, 6.45) is -2.69. The highest BCUT2D eigenvalue weighted by molar-refractivity contribution is 14.2. The average molecular weight is 567 g/mol. The zero-order valence-electron chi connectivity index (χ0n) is 15.4. The van der Waals surface area contributed by atoms with Crippen LogP contribution in [0.3, 0.4) is 0 Å². The maximum atomic E-state index is 13.4. The van der Waals surface area contributed by atoms with Crippen LogP contribution in [0.5, 0.6) is 0 Å². The van der Waals surface area contributed by atoms with Crippen LogP contribution in [0.15, 0.2) is 35.4 Å². The Morgan fingerprint density at radius 3 is 2.83 bits per heavy atom. The van der Waals surface area contributed by atoms with Crippen LogP contribution in [0, 0.1) is 10.7 Å². The third-order valence-corrected chi connectivity index (χ3v) is 7.87. The summed E-state index contributed by atoms with van der Waals surface area (Å²) in [4.78, 5) is 21.7. The average Bonchev–Trinajstić information content (AvgIpc) is 3.20. The number of fused-ring (bicyclic) bond motifs is 1. The quantitative estimate of drug-likeness (QED) is 0.260. The maximum Gasteiger partial charge on any atom is 0.391 e. The minimum Gasteiger partial charge on any atom is -0.339 e. The lowest BCUT2D eigenvalue weighted by atomic mass is 9.86. The smallest absolute Gasteiger partial charge is 0.339 e. The van der Waals surface area contributed by atoms with E-state index in [4.69, 9.17) is 12.2 Å². The lowest BCUT2D eigenvalue weighted by Gasteiger charge is -2.39. The van der Waals surface area contributed by atoms with Crippen LogP contribution in [0.4, 0.5) is 13.2 Å². The largest absolute Gasteiger partial charge is 0.391 e. The van der Waals surface area contributed by atoms with Crippen molar-refractivity contribution in [3.63, 3.8) is 0 Å². The Bertz CT molecular complexity index is 1170. The van der Waals surface area contributed by atoms with Gasteiger partial charge in [0.15, 0.2) is 10.4 Å². The topological polar surface area (TPSA) is 69.7 Å². The molecular formula is C18H17F3IN5OS2. The van der Waals surface area contributed by atoms with Crippen LogP contribution in [0.25, 0.3) is 11.2 Å². The molecule has 6 nitrogen and oxygen atoms in total. The van der Waals surface area contributed by atoms with E-state index in [0.29, 0.717) is 24.3 Å². The summed E-state index contributed by atoms with van der Waals surface area (Å²) in [7, 11) is 1.43. The fraction of sp³-hybridized carbons (Fsp3) is 0.389. The molecule has 0 amide bonds. The molecule has 1 saturated heterocycles. The molecular weight excluding hydrogens is 550 g/mol. The van der Waals surface area contributed by atoms with Gasteiger partial charge >= 0.3 is 6.18 Å². The van der Waals surface area contributed by atoms with Crippen molar-refractivity contribution in [3.8, 4) is 0 Å². The summed E-state index contributed by atoms with van der Waals surface area (Å²) in [5, 5.41) is 0. The van der Waals surface area contributed by atoms with Crippen LogP contribution in [0.1, 0.15) is 30.0 Å². The van der Waals surface area contributed by atoms with E-state index in [1.165, 1.54) is 15.4 Å². The Balaban J connectivity index is 1.75. The second-order valence-electron chi connectivity index (χ2n) is 7.13. The fourth-order valence-electron chi connectivity index (χ4n) is 3.91. The van der Waals surface area contributed by atoms with Gasteiger partial charge in [-0.15, -0.1) is 0 Å². The summed E-state index contributed by atoms with van der Waals surface area (Å²) in [5.41, 5.74) is 2.03. The first kappa shape index (κ1) is 21.8. The summed E-state index contributed by atoms with van der Waals surface area (Å²) >= 11 is 7.45. The normalized spacial score (nSPS) is 20.7. The van der Waals surface area contributed by atoms with Crippen molar-refractivity contribution in [2.45, 2.75) is 31.6 Å². The highest BCUT2D eigenvalue weighted by Gasteiger charge is 2.45. The molecule has 0 bridgehead atoms. The molecule has 160 valence electrons. The third kappa shape index (κ3) is 4.18. The highest BCUT2D eigenvalue weighted by Crippen LogP contribution is 2.46. The predicted octanol–water partition coefficient (Wildman–Crippen LogP) is 5.14. The SMILES string of the molecule is O=c1[nH]c(=S)n(Cc2ccccc2[C@@H]2CC(C(F)(F)F)CCN2SI)c2nc[nH]c12. The van der Waals surface area contributed by atoms with Gasteiger partial charge in [-0.1, -0.05) is 24.3 Å². The van der Waals surface area contributed by atoms with Gasteiger partial charge in [-0.25, -0.2) is 9.29 Å². The predicted molar refractivity (Wildman–Crippen MR) is 121 cm³/mol. The number of hydrogen-bond donors (Lipinski definition) is 2. The second kappa shape index (κ2) is 8.63. The van der Waals surface area contributed by atoms with E-state index in [0.717, 1.165) is 11.1 Å². The van der Waals surface area contributed by atoms with Crippen LogP contribution in [0.2, 0.25) is 0 Å². The van der Waals surface area contributed by atoms with E-state index in [1.54, 1.807) is 4.57 Å². The minimum absolute atomic E-state index is 0.00531. The molecule has 2 aromatic heterocycles. The number of imidazole rings is 1. The number of halogens is 4. The highest BCUT2D eigenvalue weighted by atomic mass is 127. The number of nitrogens with one attached hydrogen (secondary N) is 2. The lowest BCUT2D eigenvalue weighted by Crippen LogP contribution is -2.38. The number of benzene rings is 1. The number of aromatic nitrogens is 4.